The monoisotopic (exact) mass is 317 g/mol. The Morgan fingerprint density at radius 1 is 1.30 bits per heavy atom. The van der Waals surface area contributed by atoms with Crippen LogP contribution in [0.3, 0.4) is 0 Å². The van der Waals surface area contributed by atoms with Crippen molar-refractivity contribution < 1.29 is 13.5 Å². The molecule has 0 aromatic heterocycles. The second kappa shape index (κ2) is 5.64. The molecule has 1 aliphatic rings. The highest BCUT2D eigenvalue weighted by Crippen LogP contribution is 2.33. The molecule has 0 atom stereocenters. The van der Waals surface area contributed by atoms with E-state index in [2.05, 4.69) is 13.8 Å². The quantitative estimate of drug-likeness (QED) is 0.932. The van der Waals surface area contributed by atoms with Gasteiger partial charge in [-0.1, -0.05) is 31.5 Å². The summed E-state index contributed by atoms with van der Waals surface area (Å²) in [5, 5.41) is 9.36. The lowest BCUT2D eigenvalue weighted by Gasteiger charge is -2.36. The largest absolute Gasteiger partial charge is 0.392 e. The molecule has 0 bridgehead atoms. The van der Waals surface area contributed by atoms with Crippen molar-refractivity contribution in [3.05, 3.63) is 28.8 Å². The highest BCUT2D eigenvalue weighted by atomic mass is 35.5. The third-order valence-corrected chi connectivity index (χ3v) is 6.16. The number of aliphatic hydroxyl groups is 1. The number of benzene rings is 1. The van der Waals surface area contributed by atoms with Crippen molar-refractivity contribution in [3.8, 4) is 0 Å². The van der Waals surface area contributed by atoms with E-state index in [1.807, 2.05) is 0 Å². The average Bonchev–Trinajstić information content (AvgIpc) is 2.38. The Morgan fingerprint density at radius 2 is 1.90 bits per heavy atom. The number of nitrogens with zero attached hydrogens (tertiary/aromatic N) is 1. The summed E-state index contributed by atoms with van der Waals surface area (Å²) in [5.74, 6) is 0. The van der Waals surface area contributed by atoms with Crippen LogP contribution in [0.25, 0.3) is 0 Å². The molecule has 4 nitrogen and oxygen atoms in total. The number of sulfonamides is 1. The molecule has 112 valence electrons. The fourth-order valence-corrected chi connectivity index (χ4v) is 4.07. The molecule has 1 saturated heterocycles. The Morgan fingerprint density at radius 3 is 2.40 bits per heavy atom. The number of rotatable bonds is 3. The number of halogens is 1. The maximum absolute atomic E-state index is 12.6. The molecule has 6 heteroatoms. The van der Waals surface area contributed by atoms with Crippen molar-refractivity contribution in [1.82, 2.24) is 4.31 Å². The van der Waals surface area contributed by atoms with Gasteiger partial charge in [-0.05, 0) is 36.0 Å². The SMILES string of the molecule is CC1(C)CCN(S(=O)(=O)c2ccc(CO)c(Cl)c2)CC1. The first-order valence-corrected chi connectivity index (χ1v) is 8.47. The summed E-state index contributed by atoms with van der Waals surface area (Å²) < 4.78 is 26.6. The standard InChI is InChI=1S/C14H20ClNO3S/c1-14(2)5-7-16(8-6-14)20(18,19)12-4-3-11(10-17)13(15)9-12/h3-4,9,17H,5-8,10H2,1-2H3. The minimum Gasteiger partial charge on any atom is -0.392 e. The maximum atomic E-state index is 12.6. The summed E-state index contributed by atoms with van der Waals surface area (Å²) in [5.41, 5.74) is 0.732. The second-order valence-electron chi connectivity index (χ2n) is 5.98. The van der Waals surface area contributed by atoms with Gasteiger partial charge in [-0.15, -0.1) is 0 Å². The molecule has 1 fully saturated rings. The first-order chi connectivity index (χ1) is 9.26. The number of hydrogen-bond acceptors (Lipinski definition) is 3. The third-order valence-electron chi connectivity index (χ3n) is 3.91. The highest BCUT2D eigenvalue weighted by molar-refractivity contribution is 7.89. The van der Waals surface area contributed by atoms with E-state index in [1.54, 1.807) is 6.07 Å². The molecule has 1 aromatic carbocycles. The summed E-state index contributed by atoms with van der Waals surface area (Å²) in [6.45, 7) is 5.19. The first-order valence-electron chi connectivity index (χ1n) is 6.66. The van der Waals surface area contributed by atoms with E-state index in [0.29, 0.717) is 18.7 Å². The van der Waals surface area contributed by atoms with Crippen LogP contribution < -0.4 is 0 Å². The second-order valence-corrected chi connectivity index (χ2v) is 8.32. The normalized spacial score (nSPS) is 20.0. The molecular formula is C14H20ClNO3S. The number of hydrogen-bond donors (Lipinski definition) is 1. The first kappa shape index (κ1) is 15.8. The maximum Gasteiger partial charge on any atom is 0.243 e. The molecule has 0 aliphatic carbocycles. The van der Waals surface area contributed by atoms with Crippen LogP contribution in [0.4, 0.5) is 0 Å². The van der Waals surface area contributed by atoms with Crippen LogP contribution in [0.2, 0.25) is 5.02 Å². The van der Waals surface area contributed by atoms with Gasteiger partial charge in [0, 0.05) is 18.1 Å². The zero-order valence-corrected chi connectivity index (χ0v) is 13.3. The van der Waals surface area contributed by atoms with Crippen LogP contribution >= 0.6 is 11.6 Å². The Balaban J connectivity index is 2.25. The molecule has 2 rings (SSSR count). The van der Waals surface area contributed by atoms with Crippen LogP contribution in [-0.4, -0.2) is 30.9 Å². The smallest absolute Gasteiger partial charge is 0.243 e. The van der Waals surface area contributed by atoms with E-state index in [-0.39, 0.29) is 21.9 Å². The Labute approximate surface area is 125 Å². The fourth-order valence-electron chi connectivity index (χ4n) is 2.30. The minimum atomic E-state index is -3.49. The Hall–Kier alpha value is -0.620. The molecule has 0 spiro atoms. The van der Waals surface area contributed by atoms with Gasteiger partial charge >= 0.3 is 0 Å². The van der Waals surface area contributed by atoms with Crippen molar-refractivity contribution in [2.45, 2.75) is 38.2 Å². The molecule has 0 saturated carbocycles. The van der Waals surface area contributed by atoms with E-state index in [0.717, 1.165) is 12.8 Å². The summed E-state index contributed by atoms with van der Waals surface area (Å²) in [4.78, 5) is 0.194. The topological polar surface area (TPSA) is 57.6 Å². The van der Waals surface area contributed by atoms with Crippen molar-refractivity contribution in [2.75, 3.05) is 13.1 Å². The van der Waals surface area contributed by atoms with Gasteiger partial charge in [0.1, 0.15) is 0 Å². The summed E-state index contributed by atoms with van der Waals surface area (Å²) in [6.07, 6.45) is 1.71. The number of piperidine rings is 1. The molecule has 0 amide bonds. The van der Waals surface area contributed by atoms with Crippen molar-refractivity contribution in [3.63, 3.8) is 0 Å². The molecule has 1 aliphatic heterocycles. The highest BCUT2D eigenvalue weighted by Gasteiger charge is 2.32. The molecule has 1 N–H and O–H groups in total. The van der Waals surface area contributed by atoms with Crippen LogP contribution in [0.1, 0.15) is 32.3 Å². The lowest BCUT2D eigenvalue weighted by molar-refractivity contribution is 0.196. The molecular weight excluding hydrogens is 298 g/mol. The van der Waals surface area contributed by atoms with Gasteiger partial charge in [0.05, 0.1) is 11.5 Å². The predicted molar refractivity (Wildman–Crippen MR) is 79.1 cm³/mol. The third kappa shape index (κ3) is 3.17. The molecule has 1 aromatic rings. The van der Waals surface area contributed by atoms with Crippen molar-refractivity contribution >= 4 is 21.6 Å². The lowest BCUT2D eigenvalue weighted by atomic mass is 9.83. The van der Waals surface area contributed by atoms with Gasteiger partial charge in [-0.25, -0.2) is 8.42 Å². The van der Waals surface area contributed by atoms with E-state index in [4.69, 9.17) is 16.7 Å². The van der Waals surface area contributed by atoms with Crippen molar-refractivity contribution in [1.29, 1.82) is 0 Å². The molecule has 0 radical (unpaired) electrons. The summed E-state index contributed by atoms with van der Waals surface area (Å²) in [7, 11) is -3.49. The fraction of sp³-hybridized carbons (Fsp3) is 0.571. The summed E-state index contributed by atoms with van der Waals surface area (Å²) in [6, 6.07) is 4.48. The van der Waals surface area contributed by atoms with Crippen LogP contribution in [0.5, 0.6) is 0 Å². The summed E-state index contributed by atoms with van der Waals surface area (Å²) >= 11 is 5.98. The Kier molecular flexibility index (Phi) is 4.44. The zero-order chi connectivity index (χ0) is 15.0. The van der Waals surface area contributed by atoms with Gasteiger partial charge in [-0.2, -0.15) is 4.31 Å². The van der Waals surface area contributed by atoms with E-state index < -0.39 is 10.0 Å². The van der Waals surface area contributed by atoms with Crippen molar-refractivity contribution in [2.24, 2.45) is 5.41 Å². The van der Waals surface area contributed by atoms with E-state index >= 15 is 0 Å². The average molecular weight is 318 g/mol. The van der Waals surface area contributed by atoms with Gasteiger partial charge in [0.25, 0.3) is 0 Å². The Bertz CT molecular complexity index is 588. The van der Waals surface area contributed by atoms with Gasteiger partial charge in [0.15, 0.2) is 0 Å². The molecule has 20 heavy (non-hydrogen) atoms. The number of aliphatic hydroxyl groups excluding tert-OH is 1. The minimum absolute atomic E-state index is 0.194. The zero-order valence-electron chi connectivity index (χ0n) is 11.8. The van der Waals surface area contributed by atoms with E-state index in [9.17, 15) is 8.42 Å². The molecule has 1 heterocycles. The van der Waals surface area contributed by atoms with Crippen LogP contribution in [0.15, 0.2) is 23.1 Å². The van der Waals surface area contributed by atoms with Crippen LogP contribution in [-0.2, 0) is 16.6 Å². The van der Waals surface area contributed by atoms with Gasteiger partial charge in [-0.3, -0.25) is 0 Å². The van der Waals surface area contributed by atoms with Gasteiger partial charge < -0.3 is 5.11 Å². The van der Waals surface area contributed by atoms with Crippen LogP contribution in [0, 0.1) is 5.41 Å². The lowest BCUT2D eigenvalue weighted by Crippen LogP contribution is -2.41. The molecule has 0 unspecified atom stereocenters. The van der Waals surface area contributed by atoms with Gasteiger partial charge in [0.2, 0.25) is 10.0 Å². The van der Waals surface area contributed by atoms with E-state index in [1.165, 1.54) is 16.4 Å². The predicted octanol–water partition coefficient (Wildman–Crippen LogP) is 2.64.